The Kier molecular flexibility index (Phi) is 7.92. The van der Waals surface area contributed by atoms with Crippen molar-refractivity contribution >= 4 is 5.97 Å². The van der Waals surface area contributed by atoms with E-state index in [-0.39, 0.29) is 12.3 Å². The summed E-state index contributed by atoms with van der Waals surface area (Å²) in [4.78, 5) is 10.6. The van der Waals surface area contributed by atoms with Crippen molar-refractivity contribution in [3.8, 4) is 0 Å². The number of rotatable bonds is 11. The SMILES string of the molecule is CCCCCCCCc1nnc(CC(C)CC(=O)O)o1. The van der Waals surface area contributed by atoms with E-state index in [2.05, 4.69) is 17.1 Å². The van der Waals surface area contributed by atoms with E-state index < -0.39 is 5.97 Å². The highest BCUT2D eigenvalue weighted by Crippen LogP contribution is 2.13. The molecule has 5 heteroatoms. The Hall–Kier alpha value is -1.39. The van der Waals surface area contributed by atoms with Gasteiger partial charge in [-0.25, -0.2) is 0 Å². The van der Waals surface area contributed by atoms with E-state index in [0.717, 1.165) is 12.8 Å². The van der Waals surface area contributed by atoms with Gasteiger partial charge in [0.15, 0.2) is 0 Å². The maximum Gasteiger partial charge on any atom is 0.303 e. The fourth-order valence-electron chi connectivity index (χ4n) is 2.20. The third-order valence-electron chi connectivity index (χ3n) is 3.30. The van der Waals surface area contributed by atoms with E-state index in [1.165, 1.54) is 32.1 Å². The summed E-state index contributed by atoms with van der Waals surface area (Å²) in [6.45, 7) is 4.09. The first-order valence-corrected chi connectivity index (χ1v) is 7.64. The molecular formula is C15H26N2O3. The molecule has 20 heavy (non-hydrogen) atoms. The molecule has 0 saturated carbocycles. The maximum absolute atomic E-state index is 10.6. The van der Waals surface area contributed by atoms with Gasteiger partial charge in [-0.15, -0.1) is 10.2 Å². The highest BCUT2D eigenvalue weighted by atomic mass is 16.4. The predicted molar refractivity (Wildman–Crippen MR) is 76.5 cm³/mol. The molecule has 0 spiro atoms. The van der Waals surface area contributed by atoms with Crippen LogP contribution in [0.4, 0.5) is 0 Å². The molecule has 1 atom stereocenters. The van der Waals surface area contributed by atoms with Crippen LogP contribution in [-0.2, 0) is 17.6 Å². The Morgan fingerprint density at radius 2 is 1.80 bits per heavy atom. The predicted octanol–water partition coefficient (Wildman–Crippen LogP) is 3.63. The molecule has 5 nitrogen and oxygen atoms in total. The van der Waals surface area contributed by atoms with Crippen LogP contribution in [0.2, 0.25) is 0 Å². The molecule has 1 N–H and O–H groups in total. The van der Waals surface area contributed by atoms with Gasteiger partial charge in [0.05, 0.1) is 0 Å². The largest absolute Gasteiger partial charge is 0.481 e. The lowest BCUT2D eigenvalue weighted by atomic mass is 10.0. The lowest BCUT2D eigenvalue weighted by Gasteiger charge is -2.03. The molecule has 0 aliphatic rings. The smallest absolute Gasteiger partial charge is 0.303 e. The number of aryl methyl sites for hydroxylation is 1. The Balaban J connectivity index is 2.20. The number of carbonyl (C=O) groups is 1. The first-order valence-electron chi connectivity index (χ1n) is 7.64. The van der Waals surface area contributed by atoms with Crippen LogP contribution in [0.15, 0.2) is 4.42 Å². The quantitative estimate of drug-likeness (QED) is 0.627. The maximum atomic E-state index is 10.6. The topological polar surface area (TPSA) is 76.2 Å². The van der Waals surface area contributed by atoms with Crippen molar-refractivity contribution in [3.05, 3.63) is 11.8 Å². The van der Waals surface area contributed by atoms with Gasteiger partial charge in [0.25, 0.3) is 0 Å². The van der Waals surface area contributed by atoms with E-state index in [4.69, 9.17) is 9.52 Å². The monoisotopic (exact) mass is 282 g/mol. The molecule has 0 radical (unpaired) electrons. The van der Waals surface area contributed by atoms with Crippen LogP contribution in [0.25, 0.3) is 0 Å². The van der Waals surface area contributed by atoms with Crippen LogP contribution in [0.3, 0.4) is 0 Å². The minimum absolute atomic E-state index is 0.0230. The summed E-state index contributed by atoms with van der Waals surface area (Å²) in [6, 6.07) is 0. The molecule has 0 aromatic carbocycles. The fraction of sp³-hybridized carbons (Fsp3) is 0.800. The van der Waals surface area contributed by atoms with Gasteiger partial charge in [-0.2, -0.15) is 0 Å². The van der Waals surface area contributed by atoms with Crippen molar-refractivity contribution in [1.29, 1.82) is 0 Å². The average molecular weight is 282 g/mol. The molecule has 1 aromatic rings. The number of carboxylic acid groups (broad SMARTS) is 1. The lowest BCUT2D eigenvalue weighted by molar-refractivity contribution is -0.137. The van der Waals surface area contributed by atoms with Gasteiger partial charge in [0, 0.05) is 19.3 Å². The van der Waals surface area contributed by atoms with Crippen LogP contribution >= 0.6 is 0 Å². The summed E-state index contributed by atoms with van der Waals surface area (Å²) in [5.74, 6) is 0.469. The van der Waals surface area contributed by atoms with Crippen LogP contribution in [0.1, 0.15) is 70.6 Å². The molecule has 114 valence electrons. The lowest BCUT2D eigenvalue weighted by Crippen LogP contribution is -2.07. The third-order valence-corrected chi connectivity index (χ3v) is 3.30. The minimum atomic E-state index is -0.788. The number of hydrogen-bond acceptors (Lipinski definition) is 4. The van der Waals surface area contributed by atoms with Crippen molar-refractivity contribution in [2.45, 2.75) is 71.6 Å². The number of carboxylic acids is 1. The third kappa shape index (κ3) is 7.26. The number of unbranched alkanes of at least 4 members (excludes halogenated alkanes) is 5. The Labute approximate surface area is 120 Å². The Morgan fingerprint density at radius 1 is 1.15 bits per heavy atom. The number of hydrogen-bond donors (Lipinski definition) is 1. The molecule has 0 bridgehead atoms. The molecule has 0 amide bonds. The summed E-state index contributed by atoms with van der Waals surface area (Å²) >= 11 is 0. The van der Waals surface area contributed by atoms with Crippen LogP contribution in [0.5, 0.6) is 0 Å². The second-order valence-corrected chi connectivity index (χ2v) is 5.51. The molecule has 1 aromatic heterocycles. The molecular weight excluding hydrogens is 256 g/mol. The van der Waals surface area contributed by atoms with Gasteiger partial charge >= 0.3 is 5.97 Å². The standard InChI is InChI=1S/C15H26N2O3/c1-3-4-5-6-7-8-9-13-16-17-14(20-13)10-12(2)11-15(18)19/h12H,3-11H2,1-2H3,(H,18,19). The molecule has 1 heterocycles. The number of nitrogens with zero attached hydrogens (tertiary/aromatic N) is 2. The zero-order valence-electron chi connectivity index (χ0n) is 12.6. The molecule has 0 saturated heterocycles. The van der Waals surface area contributed by atoms with E-state index in [1.54, 1.807) is 0 Å². The normalized spacial score (nSPS) is 12.5. The van der Waals surface area contributed by atoms with Gasteiger partial charge in [0.2, 0.25) is 11.8 Å². The highest BCUT2D eigenvalue weighted by Gasteiger charge is 2.13. The summed E-state index contributed by atoms with van der Waals surface area (Å²) in [6.07, 6.45) is 8.93. The van der Waals surface area contributed by atoms with Crippen molar-refractivity contribution in [1.82, 2.24) is 10.2 Å². The summed E-state index contributed by atoms with van der Waals surface area (Å²) in [5, 5.41) is 16.7. The van der Waals surface area contributed by atoms with E-state index in [9.17, 15) is 4.79 Å². The molecule has 0 aliphatic heterocycles. The van der Waals surface area contributed by atoms with Gasteiger partial charge in [-0.05, 0) is 12.3 Å². The van der Waals surface area contributed by atoms with Crippen molar-refractivity contribution < 1.29 is 14.3 Å². The van der Waals surface area contributed by atoms with Crippen LogP contribution < -0.4 is 0 Å². The van der Waals surface area contributed by atoms with Crippen molar-refractivity contribution in [2.24, 2.45) is 5.92 Å². The van der Waals surface area contributed by atoms with E-state index in [0.29, 0.717) is 18.2 Å². The Morgan fingerprint density at radius 3 is 2.50 bits per heavy atom. The molecule has 1 rings (SSSR count). The Bertz CT molecular complexity index is 390. The second kappa shape index (κ2) is 9.50. The van der Waals surface area contributed by atoms with Gasteiger partial charge < -0.3 is 9.52 Å². The second-order valence-electron chi connectivity index (χ2n) is 5.51. The zero-order chi connectivity index (χ0) is 14.8. The first kappa shape index (κ1) is 16.7. The van der Waals surface area contributed by atoms with Crippen molar-refractivity contribution in [2.75, 3.05) is 0 Å². The molecule has 0 aliphatic carbocycles. The van der Waals surface area contributed by atoms with Crippen LogP contribution in [0, 0.1) is 5.92 Å². The van der Waals surface area contributed by atoms with Crippen molar-refractivity contribution in [3.63, 3.8) is 0 Å². The van der Waals surface area contributed by atoms with E-state index >= 15 is 0 Å². The van der Waals surface area contributed by atoms with Gasteiger partial charge in [-0.3, -0.25) is 4.79 Å². The highest BCUT2D eigenvalue weighted by molar-refractivity contribution is 5.66. The minimum Gasteiger partial charge on any atom is -0.481 e. The van der Waals surface area contributed by atoms with E-state index in [1.807, 2.05) is 6.92 Å². The average Bonchev–Trinajstić information content (AvgIpc) is 2.80. The summed E-state index contributed by atoms with van der Waals surface area (Å²) < 4.78 is 5.55. The first-order chi connectivity index (χ1) is 9.61. The fourth-order valence-corrected chi connectivity index (χ4v) is 2.20. The molecule has 0 fully saturated rings. The number of aliphatic carboxylic acids is 1. The summed E-state index contributed by atoms with van der Waals surface area (Å²) in [5.41, 5.74) is 0. The van der Waals surface area contributed by atoms with Crippen LogP contribution in [-0.4, -0.2) is 21.3 Å². The zero-order valence-corrected chi connectivity index (χ0v) is 12.6. The molecule has 1 unspecified atom stereocenters. The summed E-state index contributed by atoms with van der Waals surface area (Å²) in [7, 11) is 0. The van der Waals surface area contributed by atoms with Gasteiger partial charge in [-0.1, -0.05) is 46.0 Å². The van der Waals surface area contributed by atoms with Gasteiger partial charge in [0.1, 0.15) is 0 Å². The number of aromatic nitrogens is 2.